The van der Waals surface area contributed by atoms with E-state index in [-0.39, 0.29) is 30.9 Å². The second-order valence-corrected chi connectivity index (χ2v) is 9.61. The number of nitrogens with zero attached hydrogens (tertiary/aromatic N) is 1. The zero-order valence-electron chi connectivity index (χ0n) is 19.4. The van der Waals surface area contributed by atoms with Gasteiger partial charge in [0.15, 0.2) is 5.78 Å². The van der Waals surface area contributed by atoms with E-state index in [0.717, 1.165) is 0 Å². The molecular weight excluding hydrogens is 436 g/mol. The Morgan fingerprint density at radius 3 is 2.16 bits per heavy atom. The molecule has 5 unspecified atom stereocenters. The monoisotopic (exact) mass is 472 g/mol. The van der Waals surface area contributed by atoms with Gasteiger partial charge in [0.1, 0.15) is 0 Å². The molecule has 1 rings (SSSR count). The molecule has 32 heavy (non-hydrogen) atoms. The maximum Gasteiger partial charge on any atom is 0.338 e. The SMILES string of the molecule is CCC(C)C(N)C(=O)N(C(=O)C(N)C(C)C)C(CCSC)(C(=O)O)C(=O)C1CCC(=O)N1. The lowest BCUT2D eigenvalue weighted by Gasteiger charge is -2.42. The number of ketones is 1. The van der Waals surface area contributed by atoms with Gasteiger partial charge in [-0.1, -0.05) is 34.1 Å². The standard InChI is InChI=1S/C21H36N4O6S/c1-6-12(4)16(23)19(29)25(18(28)15(22)11(2)3)21(20(30)31,9-10-32-5)17(27)13-7-8-14(26)24-13/h11-13,15-16H,6-10,22-23H2,1-5H3,(H,24,26)(H,30,31). The van der Waals surface area contributed by atoms with Crippen molar-refractivity contribution < 1.29 is 29.1 Å². The van der Waals surface area contributed by atoms with Gasteiger partial charge in [0, 0.05) is 6.42 Å². The van der Waals surface area contributed by atoms with E-state index < -0.39 is 59.1 Å². The fourth-order valence-electron chi connectivity index (χ4n) is 3.57. The maximum atomic E-state index is 13.6. The van der Waals surface area contributed by atoms with E-state index in [0.29, 0.717) is 11.3 Å². The summed E-state index contributed by atoms with van der Waals surface area (Å²) in [6, 6.07) is -3.55. The molecule has 0 aromatic carbocycles. The van der Waals surface area contributed by atoms with Crippen molar-refractivity contribution in [2.75, 3.05) is 12.0 Å². The molecule has 0 aromatic rings. The highest BCUT2D eigenvalue weighted by Gasteiger charge is 2.59. The molecule has 1 aliphatic heterocycles. The van der Waals surface area contributed by atoms with Crippen LogP contribution in [0.4, 0.5) is 0 Å². The Labute approximate surface area is 193 Å². The molecule has 11 heteroatoms. The third kappa shape index (κ3) is 5.68. The molecule has 1 fully saturated rings. The number of carbonyl (C=O) groups is 5. The van der Waals surface area contributed by atoms with E-state index >= 15 is 0 Å². The fraction of sp³-hybridized carbons (Fsp3) is 0.762. The summed E-state index contributed by atoms with van der Waals surface area (Å²) in [5.74, 6) is -5.51. The molecule has 1 saturated heterocycles. The first-order valence-electron chi connectivity index (χ1n) is 10.8. The summed E-state index contributed by atoms with van der Waals surface area (Å²) in [4.78, 5) is 65.6. The van der Waals surface area contributed by atoms with Crippen LogP contribution in [0.1, 0.15) is 53.4 Å². The molecule has 0 radical (unpaired) electrons. The van der Waals surface area contributed by atoms with Gasteiger partial charge in [0.25, 0.3) is 0 Å². The minimum absolute atomic E-state index is 0.0500. The molecular formula is C21H36N4O6S. The van der Waals surface area contributed by atoms with Crippen LogP contribution in [-0.2, 0) is 24.0 Å². The first-order chi connectivity index (χ1) is 14.9. The van der Waals surface area contributed by atoms with Crippen LogP contribution in [0.2, 0.25) is 0 Å². The van der Waals surface area contributed by atoms with E-state index in [2.05, 4.69) is 5.32 Å². The lowest BCUT2D eigenvalue weighted by molar-refractivity contribution is -0.173. The van der Waals surface area contributed by atoms with Crippen molar-refractivity contribution in [2.24, 2.45) is 23.3 Å². The zero-order valence-corrected chi connectivity index (χ0v) is 20.2. The number of nitrogens with two attached hydrogens (primary N) is 2. The number of Topliss-reactive ketones (excluding diaryl/α,β-unsaturated/α-hetero) is 1. The molecule has 0 aliphatic carbocycles. The molecule has 1 heterocycles. The molecule has 1 aliphatic rings. The summed E-state index contributed by atoms with van der Waals surface area (Å²) >= 11 is 1.27. The van der Waals surface area contributed by atoms with Crippen LogP contribution in [0, 0.1) is 11.8 Å². The van der Waals surface area contributed by atoms with Gasteiger partial charge in [-0.2, -0.15) is 11.8 Å². The predicted molar refractivity (Wildman–Crippen MR) is 122 cm³/mol. The van der Waals surface area contributed by atoms with Crippen molar-refractivity contribution in [3.63, 3.8) is 0 Å². The summed E-state index contributed by atoms with van der Waals surface area (Å²) in [6.07, 6.45) is 2.02. The number of amides is 3. The number of hydrogen-bond acceptors (Lipinski definition) is 8. The number of imide groups is 1. The maximum absolute atomic E-state index is 13.6. The zero-order chi connectivity index (χ0) is 24.8. The number of rotatable bonds is 12. The highest BCUT2D eigenvalue weighted by molar-refractivity contribution is 7.98. The van der Waals surface area contributed by atoms with E-state index in [4.69, 9.17) is 11.5 Å². The molecule has 0 saturated carbocycles. The van der Waals surface area contributed by atoms with Crippen molar-refractivity contribution in [3.05, 3.63) is 0 Å². The van der Waals surface area contributed by atoms with Gasteiger partial charge in [-0.15, -0.1) is 0 Å². The highest BCUT2D eigenvalue weighted by atomic mass is 32.2. The molecule has 5 atom stereocenters. The van der Waals surface area contributed by atoms with E-state index in [1.165, 1.54) is 11.8 Å². The number of carboxylic acid groups (broad SMARTS) is 1. The van der Waals surface area contributed by atoms with E-state index in [9.17, 15) is 29.1 Å². The predicted octanol–water partition coefficient (Wildman–Crippen LogP) is 0.123. The van der Waals surface area contributed by atoms with Gasteiger partial charge in [-0.3, -0.25) is 24.1 Å². The number of hydrogen-bond donors (Lipinski definition) is 4. The van der Waals surface area contributed by atoms with Gasteiger partial charge in [0.2, 0.25) is 23.3 Å². The molecule has 3 amide bonds. The lowest BCUT2D eigenvalue weighted by atomic mass is 9.82. The molecule has 182 valence electrons. The summed E-state index contributed by atoms with van der Waals surface area (Å²) in [5.41, 5.74) is 9.64. The molecule has 6 N–H and O–H groups in total. The molecule has 10 nitrogen and oxygen atoms in total. The minimum Gasteiger partial charge on any atom is -0.479 e. The van der Waals surface area contributed by atoms with Crippen LogP contribution in [-0.4, -0.2) is 75.2 Å². The van der Waals surface area contributed by atoms with Crippen LogP contribution in [0.5, 0.6) is 0 Å². The molecule has 0 spiro atoms. The van der Waals surface area contributed by atoms with Crippen molar-refractivity contribution in [2.45, 2.75) is 77.0 Å². The van der Waals surface area contributed by atoms with Crippen LogP contribution in [0.25, 0.3) is 0 Å². The van der Waals surface area contributed by atoms with Gasteiger partial charge < -0.3 is 21.9 Å². The smallest absolute Gasteiger partial charge is 0.338 e. The highest BCUT2D eigenvalue weighted by Crippen LogP contribution is 2.31. The summed E-state index contributed by atoms with van der Waals surface area (Å²) in [5, 5.41) is 12.8. The Morgan fingerprint density at radius 1 is 1.19 bits per heavy atom. The number of carboxylic acids is 1. The topological polar surface area (TPSA) is 173 Å². The minimum atomic E-state index is -2.53. The quantitative estimate of drug-likeness (QED) is 0.288. The van der Waals surface area contributed by atoms with E-state index in [1.807, 2.05) is 0 Å². The summed E-state index contributed by atoms with van der Waals surface area (Å²) in [6.45, 7) is 6.82. The Kier molecular flexibility index (Phi) is 10.3. The van der Waals surface area contributed by atoms with Crippen molar-refractivity contribution in [3.8, 4) is 0 Å². The van der Waals surface area contributed by atoms with Gasteiger partial charge >= 0.3 is 5.97 Å². The van der Waals surface area contributed by atoms with Gasteiger partial charge in [-0.25, -0.2) is 4.79 Å². The third-order valence-electron chi connectivity index (χ3n) is 6.11. The average Bonchev–Trinajstić information content (AvgIpc) is 3.19. The third-order valence-corrected chi connectivity index (χ3v) is 6.72. The summed E-state index contributed by atoms with van der Waals surface area (Å²) < 4.78 is 0. The van der Waals surface area contributed by atoms with E-state index in [1.54, 1.807) is 34.0 Å². The first kappa shape index (κ1) is 28.1. The summed E-state index contributed by atoms with van der Waals surface area (Å²) in [7, 11) is 0. The lowest BCUT2D eigenvalue weighted by Crippen LogP contribution is -2.71. The molecule has 0 aromatic heterocycles. The first-order valence-corrected chi connectivity index (χ1v) is 12.2. The van der Waals surface area contributed by atoms with Crippen LogP contribution >= 0.6 is 11.8 Å². The van der Waals surface area contributed by atoms with Crippen LogP contribution in [0.15, 0.2) is 0 Å². The second-order valence-electron chi connectivity index (χ2n) is 8.62. The fourth-order valence-corrected chi connectivity index (χ4v) is 4.07. The van der Waals surface area contributed by atoms with Gasteiger partial charge in [0.05, 0.1) is 18.1 Å². The number of thioether (sulfide) groups is 1. The Hall–Kier alpha value is -1.98. The average molecular weight is 473 g/mol. The molecule has 0 bridgehead atoms. The Balaban J connectivity index is 3.75. The normalized spacial score (nSPS) is 20.8. The van der Waals surface area contributed by atoms with Crippen molar-refractivity contribution in [1.82, 2.24) is 10.2 Å². The Morgan fingerprint density at radius 2 is 1.75 bits per heavy atom. The van der Waals surface area contributed by atoms with Crippen molar-refractivity contribution >= 4 is 41.2 Å². The second kappa shape index (κ2) is 11.8. The number of carbonyl (C=O) groups excluding carboxylic acids is 4. The van der Waals surface area contributed by atoms with Crippen LogP contribution in [0.3, 0.4) is 0 Å². The Bertz CT molecular complexity index is 746. The number of aliphatic carboxylic acids is 1. The van der Waals surface area contributed by atoms with Gasteiger partial charge in [-0.05, 0) is 36.7 Å². The number of nitrogens with one attached hydrogen (secondary N) is 1. The van der Waals surface area contributed by atoms with Crippen LogP contribution < -0.4 is 16.8 Å². The van der Waals surface area contributed by atoms with Crippen molar-refractivity contribution in [1.29, 1.82) is 0 Å². The largest absolute Gasteiger partial charge is 0.479 e.